The Balaban J connectivity index is 2.56. The highest BCUT2D eigenvalue weighted by Gasteiger charge is 2.22. The van der Waals surface area contributed by atoms with Crippen molar-refractivity contribution >= 4 is 21.7 Å². The number of ether oxygens (including phenoxy) is 1. The van der Waals surface area contributed by atoms with Crippen molar-refractivity contribution in [2.75, 3.05) is 6.61 Å². The Morgan fingerprint density at radius 3 is 2.45 bits per heavy atom. The normalized spacial score (nSPS) is 10.4. The van der Waals surface area contributed by atoms with Gasteiger partial charge in [0.05, 0.1) is 17.7 Å². The molecule has 0 spiro atoms. The molecule has 5 heteroatoms. The molecule has 2 rings (SSSR count). The highest BCUT2D eigenvalue weighted by atomic mass is 79.9. The minimum Gasteiger partial charge on any atom is -0.493 e. The number of halogens is 3. The molecule has 2 nitrogen and oxygen atoms in total. The van der Waals surface area contributed by atoms with Gasteiger partial charge in [-0.15, -0.1) is 0 Å². The summed E-state index contributed by atoms with van der Waals surface area (Å²) in [4.78, 5) is 12.4. The monoisotopic (exact) mass is 340 g/mol. The van der Waals surface area contributed by atoms with E-state index in [1.165, 1.54) is 12.1 Å². The van der Waals surface area contributed by atoms with Crippen molar-refractivity contribution in [3.63, 3.8) is 0 Å². The lowest BCUT2D eigenvalue weighted by atomic mass is 10.0. The van der Waals surface area contributed by atoms with E-state index in [9.17, 15) is 13.6 Å². The van der Waals surface area contributed by atoms with E-state index in [2.05, 4.69) is 15.9 Å². The van der Waals surface area contributed by atoms with E-state index < -0.39 is 23.0 Å². The van der Waals surface area contributed by atoms with Crippen LogP contribution in [0.3, 0.4) is 0 Å². The van der Waals surface area contributed by atoms with Crippen LogP contribution in [0.25, 0.3) is 0 Å². The van der Waals surface area contributed by atoms with E-state index in [1.54, 1.807) is 19.1 Å². The minimum atomic E-state index is -0.891. The molecule has 104 valence electrons. The molecular formula is C15H11BrF2O2. The average Bonchev–Trinajstić information content (AvgIpc) is 2.40. The van der Waals surface area contributed by atoms with Crippen LogP contribution in [0.1, 0.15) is 22.8 Å². The Morgan fingerprint density at radius 1 is 1.20 bits per heavy atom. The molecule has 20 heavy (non-hydrogen) atoms. The Labute approximate surface area is 123 Å². The first-order chi connectivity index (χ1) is 9.54. The zero-order valence-electron chi connectivity index (χ0n) is 10.6. The van der Waals surface area contributed by atoms with Crippen LogP contribution >= 0.6 is 15.9 Å². The fraction of sp³-hybridized carbons (Fsp3) is 0.133. The van der Waals surface area contributed by atoms with Gasteiger partial charge in [-0.3, -0.25) is 4.79 Å². The average molecular weight is 341 g/mol. The number of hydrogen-bond acceptors (Lipinski definition) is 2. The van der Waals surface area contributed by atoms with Crippen LogP contribution in [0.5, 0.6) is 5.75 Å². The van der Waals surface area contributed by atoms with Crippen LogP contribution in [0.15, 0.2) is 40.9 Å². The van der Waals surface area contributed by atoms with Crippen LogP contribution in [0.4, 0.5) is 8.78 Å². The zero-order chi connectivity index (χ0) is 14.7. The predicted octanol–water partition coefficient (Wildman–Crippen LogP) is 4.36. The van der Waals surface area contributed by atoms with E-state index in [0.29, 0.717) is 16.8 Å². The van der Waals surface area contributed by atoms with Crippen molar-refractivity contribution < 1.29 is 18.3 Å². The zero-order valence-corrected chi connectivity index (χ0v) is 12.2. The van der Waals surface area contributed by atoms with Crippen molar-refractivity contribution in [2.45, 2.75) is 6.92 Å². The molecule has 0 aromatic heterocycles. The smallest absolute Gasteiger partial charge is 0.202 e. The molecule has 0 N–H and O–H groups in total. The largest absolute Gasteiger partial charge is 0.493 e. The molecule has 0 aliphatic carbocycles. The summed E-state index contributed by atoms with van der Waals surface area (Å²) < 4.78 is 33.3. The molecule has 0 fully saturated rings. The second-order valence-corrected chi connectivity index (χ2v) is 4.91. The lowest BCUT2D eigenvalue weighted by Gasteiger charge is -2.11. The standard InChI is InChI=1S/C15H11BrF2O2/c1-2-20-13-7-6-9(16)8-10(13)15(19)14-11(17)4-3-5-12(14)18/h3-8H,2H2,1H3. The molecule has 0 atom stereocenters. The van der Waals surface area contributed by atoms with Crippen LogP contribution in [-0.2, 0) is 0 Å². The first-order valence-corrected chi connectivity index (χ1v) is 6.75. The number of benzene rings is 2. The lowest BCUT2D eigenvalue weighted by Crippen LogP contribution is -2.10. The molecule has 0 aliphatic heterocycles. The summed E-state index contributed by atoms with van der Waals surface area (Å²) in [6, 6.07) is 8.08. The van der Waals surface area contributed by atoms with Gasteiger partial charge in [0.25, 0.3) is 0 Å². The lowest BCUT2D eigenvalue weighted by molar-refractivity contribution is 0.102. The maximum atomic E-state index is 13.7. The summed E-state index contributed by atoms with van der Waals surface area (Å²) in [6.45, 7) is 2.11. The van der Waals surface area contributed by atoms with E-state index in [4.69, 9.17) is 4.74 Å². The Hall–Kier alpha value is -1.75. The van der Waals surface area contributed by atoms with Gasteiger partial charge in [0.15, 0.2) is 0 Å². The molecule has 0 amide bonds. The topological polar surface area (TPSA) is 26.3 Å². The van der Waals surface area contributed by atoms with Crippen molar-refractivity contribution in [2.24, 2.45) is 0 Å². The second kappa shape index (κ2) is 6.13. The van der Waals surface area contributed by atoms with Crippen molar-refractivity contribution in [1.29, 1.82) is 0 Å². The van der Waals surface area contributed by atoms with Gasteiger partial charge in [0.1, 0.15) is 17.4 Å². The van der Waals surface area contributed by atoms with E-state index in [1.807, 2.05) is 0 Å². The van der Waals surface area contributed by atoms with Crippen molar-refractivity contribution in [3.8, 4) is 5.75 Å². The van der Waals surface area contributed by atoms with E-state index in [-0.39, 0.29) is 5.56 Å². The highest BCUT2D eigenvalue weighted by Crippen LogP contribution is 2.27. The molecule has 0 heterocycles. The second-order valence-electron chi connectivity index (χ2n) is 4.00. The number of ketones is 1. The summed E-state index contributed by atoms with van der Waals surface area (Å²) in [5.74, 6) is -2.23. The van der Waals surface area contributed by atoms with E-state index in [0.717, 1.165) is 12.1 Å². The van der Waals surface area contributed by atoms with Crippen molar-refractivity contribution in [1.82, 2.24) is 0 Å². The third-order valence-electron chi connectivity index (χ3n) is 2.68. The molecule has 2 aromatic carbocycles. The van der Waals surface area contributed by atoms with Crippen LogP contribution in [-0.4, -0.2) is 12.4 Å². The highest BCUT2D eigenvalue weighted by molar-refractivity contribution is 9.10. The third-order valence-corrected chi connectivity index (χ3v) is 3.17. The Kier molecular flexibility index (Phi) is 4.49. The summed E-state index contributed by atoms with van der Waals surface area (Å²) in [7, 11) is 0. The first kappa shape index (κ1) is 14.7. The number of rotatable bonds is 4. The minimum absolute atomic E-state index is 0.116. The quantitative estimate of drug-likeness (QED) is 0.773. The van der Waals surface area contributed by atoms with Gasteiger partial charge in [0, 0.05) is 4.47 Å². The maximum Gasteiger partial charge on any atom is 0.202 e. The molecule has 0 bridgehead atoms. The van der Waals surface area contributed by atoms with Gasteiger partial charge in [-0.1, -0.05) is 22.0 Å². The first-order valence-electron chi connectivity index (χ1n) is 5.95. The number of carbonyl (C=O) groups is 1. The van der Waals surface area contributed by atoms with Gasteiger partial charge in [0.2, 0.25) is 5.78 Å². The maximum absolute atomic E-state index is 13.7. The van der Waals surface area contributed by atoms with Crippen LogP contribution in [0.2, 0.25) is 0 Å². The molecule has 0 aliphatic rings. The summed E-state index contributed by atoms with van der Waals surface area (Å²) in [5, 5.41) is 0. The predicted molar refractivity (Wildman–Crippen MR) is 75.1 cm³/mol. The van der Waals surface area contributed by atoms with Gasteiger partial charge in [-0.25, -0.2) is 8.78 Å². The van der Waals surface area contributed by atoms with Crippen LogP contribution < -0.4 is 4.74 Å². The fourth-order valence-corrected chi connectivity index (χ4v) is 2.17. The Morgan fingerprint density at radius 2 is 1.85 bits per heavy atom. The third kappa shape index (κ3) is 2.88. The number of hydrogen-bond donors (Lipinski definition) is 0. The molecule has 0 unspecified atom stereocenters. The SMILES string of the molecule is CCOc1ccc(Br)cc1C(=O)c1c(F)cccc1F. The molecule has 0 saturated heterocycles. The van der Waals surface area contributed by atoms with Gasteiger partial charge >= 0.3 is 0 Å². The molecular weight excluding hydrogens is 330 g/mol. The Bertz CT molecular complexity index is 636. The van der Waals surface area contributed by atoms with Crippen LogP contribution in [0, 0.1) is 11.6 Å². The molecule has 2 aromatic rings. The molecule has 0 radical (unpaired) electrons. The van der Waals surface area contributed by atoms with E-state index >= 15 is 0 Å². The fourth-order valence-electron chi connectivity index (χ4n) is 1.81. The summed E-state index contributed by atoms with van der Waals surface area (Å²) >= 11 is 3.23. The molecule has 0 saturated carbocycles. The van der Waals surface area contributed by atoms with Gasteiger partial charge < -0.3 is 4.74 Å². The summed E-state index contributed by atoms with van der Waals surface area (Å²) in [5.41, 5.74) is -0.461. The summed E-state index contributed by atoms with van der Waals surface area (Å²) in [6.07, 6.45) is 0. The van der Waals surface area contributed by atoms with Gasteiger partial charge in [-0.2, -0.15) is 0 Å². The number of carbonyl (C=O) groups excluding carboxylic acids is 1. The van der Waals surface area contributed by atoms with Gasteiger partial charge in [-0.05, 0) is 37.3 Å². The van der Waals surface area contributed by atoms with Crippen molar-refractivity contribution in [3.05, 3.63) is 63.6 Å².